The van der Waals surface area contributed by atoms with Gasteiger partial charge in [0.15, 0.2) is 5.76 Å². The number of amides is 1. The van der Waals surface area contributed by atoms with E-state index in [1.165, 1.54) is 11.8 Å². The van der Waals surface area contributed by atoms with E-state index in [-0.39, 0.29) is 11.7 Å². The van der Waals surface area contributed by atoms with Crippen LogP contribution in [0.2, 0.25) is 0 Å². The highest BCUT2D eigenvalue weighted by Crippen LogP contribution is 2.35. The Morgan fingerprint density at radius 2 is 1.48 bits per heavy atom. The van der Waals surface area contributed by atoms with Gasteiger partial charge < -0.3 is 14.2 Å². The van der Waals surface area contributed by atoms with Gasteiger partial charge in [0.25, 0.3) is 5.22 Å². The summed E-state index contributed by atoms with van der Waals surface area (Å²) in [7, 11) is 0. The number of aromatic nitrogens is 3. The van der Waals surface area contributed by atoms with Crippen molar-refractivity contribution in [2.45, 2.75) is 5.22 Å². The van der Waals surface area contributed by atoms with Crippen molar-refractivity contribution in [1.29, 1.82) is 0 Å². The van der Waals surface area contributed by atoms with E-state index in [1.54, 1.807) is 18.5 Å². The lowest BCUT2D eigenvalue weighted by Crippen LogP contribution is -2.49. The monoisotopic (exact) mass is 457 g/mol. The summed E-state index contributed by atoms with van der Waals surface area (Å²) < 4.78 is 6.12. The Morgan fingerprint density at radius 3 is 2.15 bits per heavy atom. The zero-order valence-corrected chi connectivity index (χ0v) is 18.8. The second-order valence-corrected chi connectivity index (χ2v) is 8.52. The minimum atomic E-state index is 0.0781. The molecular formula is C25H23N5O2S. The first-order valence-electron chi connectivity index (χ1n) is 10.8. The van der Waals surface area contributed by atoms with Gasteiger partial charge >= 0.3 is 0 Å². The number of nitrogens with zero attached hydrogens (tertiary/aromatic N) is 5. The van der Waals surface area contributed by atoms with Crippen LogP contribution in [-0.2, 0) is 4.79 Å². The summed E-state index contributed by atoms with van der Waals surface area (Å²) >= 11 is 1.34. The molecule has 1 fully saturated rings. The molecule has 8 heteroatoms. The lowest BCUT2D eigenvalue weighted by molar-refractivity contribution is -0.128. The van der Waals surface area contributed by atoms with Crippen LogP contribution in [0.25, 0.3) is 22.6 Å². The Kier molecular flexibility index (Phi) is 6.34. The fourth-order valence-corrected chi connectivity index (χ4v) is 4.49. The van der Waals surface area contributed by atoms with E-state index >= 15 is 0 Å². The first-order chi connectivity index (χ1) is 16.3. The van der Waals surface area contributed by atoms with Crippen LogP contribution in [0.15, 0.2) is 88.8 Å². The minimum Gasteiger partial charge on any atom is -0.431 e. The first kappa shape index (κ1) is 21.2. The molecule has 0 saturated carbocycles. The third-order valence-electron chi connectivity index (χ3n) is 5.48. The van der Waals surface area contributed by atoms with Gasteiger partial charge in [0, 0.05) is 49.7 Å². The van der Waals surface area contributed by atoms with E-state index in [9.17, 15) is 4.79 Å². The molecule has 0 atom stereocenters. The van der Waals surface area contributed by atoms with Gasteiger partial charge in [-0.1, -0.05) is 72.4 Å². The molecule has 4 aromatic rings. The molecule has 1 amide bonds. The number of carbonyl (C=O) groups excluding carboxylic acids is 1. The van der Waals surface area contributed by atoms with Crippen molar-refractivity contribution in [3.8, 4) is 22.6 Å². The highest BCUT2D eigenvalue weighted by molar-refractivity contribution is 7.99. The standard InChI is InChI=1S/C25H23N5O2S/c31-21(29-14-16-30(17-15-29)24-26-12-7-13-27-24)18-33-25-28-22(19-8-3-1-4-9-19)23(32-25)20-10-5-2-6-11-20/h1-13H,14-18H2. The third kappa shape index (κ3) is 4.90. The second-order valence-electron chi connectivity index (χ2n) is 7.59. The molecule has 7 nitrogen and oxygen atoms in total. The summed E-state index contributed by atoms with van der Waals surface area (Å²) in [6.07, 6.45) is 3.47. The molecule has 0 spiro atoms. The number of hydrogen-bond donors (Lipinski definition) is 0. The highest BCUT2D eigenvalue weighted by Gasteiger charge is 2.24. The van der Waals surface area contributed by atoms with Crippen LogP contribution in [-0.4, -0.2) is 57.7 Å². The van der Waals surface area contributed by atoms with E-state index in [2.05, 4.69) is 14.9 Å². The molecule has 1 saturated heterocycles. The summed E-state index contributed by atoms with van der Waals surface area (Å²) in [6.45, 7) is 2.73. The van der Waals surface area contributed by atoms with Gasteiger partial charge in [-0.15, -0.1) is 0 Å². The zero-order chi connectivity index (χ0) is 22.5. The van der Waals surface area contributed by atoms with Crippen molar-refractivity contribution in [2.75, 3.05) is 36.8 Å². The van der Waals surface area contributed by atoms with Gasteiger partial charge in [-0.2, -0.15) is 0 Å². The fourth-order valence-electron chi connectivity index (χ4n) is 3.76. The third-order valence-corrected chi connectivity index (χ3v) is 6.29. The summed E-state index contributed by atoms with van der Waals surface area (Å²) in [5, 5.41) is 0.498. The summed E-state index contributed by atoms with van der Waals surface area (Å²) in [4.78, 5) is 30.1. The molecule has 2 aromatic heterocycles. The van der Waals surface area contributed by atoms with Gasteiger partial charge in [0.05, 0.1) is 5.75 Å². The molecule has 3 heterocycles. The lowest BCUT2D eigenvalue weighted by Gasteiger charge is -2.34. The Labute approximate surface area is 196 Å². The van der Waals surface area contributed by atoms with E-state index in [4.69, 9.17) is 9.40 Å². The van der Waals surface area contributed by atoms with Crippen LogP contribution in [0.3, 0.4) is 0 Å². The molecular weight excluding hydrogens is 434 g/mol. The lowest BCUT2D eigenvalue weighted by atomic mass is 10.1. The minimum absolute atomic E-state index is 0.0781. The summed E-state index contributed by atoms with van der Waals surface area (Å²) in [5.41, 5.74) is 2.73. The second kappa shape index (κ2) is 9.87. The molecule has 0 unspecified atom stereocenters. The van der Waals surface area contributed by atoms with Gasteiger partial charge in [0.1, 0.15) is 5.69 Å². The van der Waals surface area contributed by atoms with Crippen LogP contribution in [0, 0.1) is 0 Å². The van der Waals surface area contributed by atoms with Gasteiger partial charge in [-0.25, -0.2) is 15.0 Å². The van der Waals surface area contributed by atoms with E-state index < -0.39 is 0 Å². The van der Waals surface area contributed by atoms with Crippen molar-refractivity contribution >= 4 is 23.6 Å². The zero-order valence-electron chi connectivity index (χ0n) is 18.0. The van der Waals surface area contributed by atoms with E-state index in [0.29, 0.717) is 30.0 Å². The molecule has 0 radical (unpaired) electrons. The van der Waals surface area contributed by atoms with Gasteiger partial charge in [-0.05, 0) is 6.07 Å². The maximum atomic E-state index is 12.8. The van der Waals surface area contributed by atoms with E-state index in [1.807, 2.05) is 65.6 Å². The molecule has 33 heavy (non-hydrogen) atoms. The molecule has 1 aliphatic heterocycles. The highest BCUT2D eigenvalue weighted by atomic mass is 32.2. The molecule has 2 aromatic carbocycles. The average molecular weight is 458 g/mol. The van der Waals surface area contributed by atoms with Crippen LogP contribution < -0.4 is 4.90 Å². The number of hydrogen-bond acceptors (Lipinski definition) is 7. The Morgan fingerprint density at radius 1 is 0.848 bits per heavy atom. The molecule has 166 valence electrons. The summed E-state index contributed by atoms with van der Waals surface area (Å²) in [6, 6.07) is 21.7. The summed E-state index contributed by atoms with van der Waals surface area (Å²) in [5.74, 6) is 1.79. The molecule has 1 aliphatic rings. The molecule has 0 aliphatic carbocycles. The maximum Gasteiger partial charge on any atom is 0.257 e. The number of piperazine rings is 1. The van der Waals surface area contributed by atoms with Crippen molar-refractivity contribution in [1.82, 2.24) is 19.9 Å². The van der Waals surface area contributed by atoms with Crippen LogP contribution in [0.1, 0.15) is 0 Å². The number of rotatable bonds is 6. The van der Waals surface area contributed by atoms with Crippen LogP contribution in [0.5, 0.6) is 0 Å². The van der Waals surface area contributed by atoms with Crippen molar-refractivity contribution in [3.05, 3.63) is 79.1 Å². The Balaban J connectivity index is 1.25. The Bertz CT molecular complexity index is 1140. The smallest absolute Gasteiger partial charge is 0.257 e. The number of anilines is 1. The number of oxazole rings is 1. The predicted molar refractivity (Wildman–Crippen MR) is 129 cm³/mol. The van der Waals surface area contributed by atoms with Gasteiger partial charge in [-0.3, -0.25) is 4.79 Å². The number of benzene rings is 2. The van der Waals surface area contributed by atoms with Crippen molar-refractivity contribution < 1.29 is 9.21 Å². The largest absolute Gasteiger partial charge is 0.431 e. The van der Waals surface area contributed by atoms with Crippen molar-refractivity contribution in [2.24, 2.45) is 0 Å². The molecule has 0 N–H and O–H groups in total. The maximum absolute atomic E-state index is 12.8. The molecule has 5 rings (SSSR count). The normalized spacial score (nSPS) is 13.8. The molecule has 0 bridgehead atoms. The average Bonchev–Trinajstić information content (AvgIpc) is 3.33. The number of thioether (sulfide) groups is 1. The van der Waals surface area contributed by atoms with Crippen molar-refractivity contribution in [3.63, 3.8) is 0 Å². The van der Waals surface area contributed by atoms with Gasteiger partial charge in [0.2, 0.25) is 11.9 Å². The van der Waals surface area contributed by atoms with Crippen LogP contribution in [0.4, 0.5) is 5.95 Å². The number of carbonyl (C=O) groups is 1. The van der Waals surface area contributed by atoms with E-state index in [0.717, 1.165) is 29.9 Å². The predicted octanol–water partition coefficient (Wildman–Crippen LogP) is 4.24. The SMILES string of the molecule is O=C(CSc1nc(-c2ccccc2)c(-c2ccccc2)o1)N1CCN(c2ncccn2)CC1. The Hall–Kier alpha value is -3.65. The topological polar surface area (TPSA) is 75.4 Å². The van der Waals surface area contributed by atoms with Crippen LogP contribution >= 0.6 is 11.8 Å². The fraction of sp³-hybridized carbons (Fsp3) is 0.200. The quantitative estimate of drug-likeness (QED) is 0.401. The first-order valence-corrected chi connectivity index (χ1v) is 11.8.